The summed E-state index contributed by atoms with van der Waals surface area (Å²) in [5, 5.41) is 12.6. The summed E-state index contributed by atoms with van der Waals surface area (Å²) in [6.45, 7) is 7.72. The van der Waals surface area contributed by atoms with Gasteiger partial charge in [-0.05, 0) is 13.8 Å². The average molecular weight is 389 g/mol. The zero-order chi connectivity index (χ0) is 21.1. The van der Waals surface area contributed by atoms with Crippen molar-refractivity contribution in [3.05, 3.63) is 11.5 Å². The Labute approximate surface area is 157 Å². The first kappa shape index (κ1) is 24.5. The number of amides is 1. The maximum absolute atomic E-state index is 11.6. The summed E-state index contributed by atoms with van der Waals surface area (Å²) in [6, 6.07) is 0. The van der Waals surface area contributed by atoms with Gasteiger partial charge in [0.25, 0.3) is 0 Å². The fourth-order valence-electron chi connectivity index (χ4n) is 1.96. The molecule has 0 bridgehead atoms. The predicted octanol–water partition coefficient (Wildman–Crippen LogP) is 0.526. The number of ether oxygens (including phenoxy) is 4. The number of aliphatic hydroxyl groups is 1. The number of hydrogen-bond acceptors (Lipinski definition) is 9. The van der Waals surface area contributed by atoms with E-state index >= 15 is 0 Å². The van der Waals surface area contributed by atoms with Crippen LogP contribution in [0.3, 0.4) is 0 Å². The number of aliphatic hydroxyl groups excluding tert-OH is 1. The van der Waals surface area contributed by atoms with E-state index in [0.717, 1.165) is 13.8 Å². The SMILES string of the molecule is CC(=O)N/C(=C(\OC(C)=O)C(CCOC(C)=O)OC(C)=O)C(O)OC(C)C. The molecule has 0 aromatic rings. The molecule has 0 aromatic carbocycles. The van der Waals surface area contributed by atoms with Crippen molar-refractivity contribution < 1.29 is 43.2 Å². The van der Waals surface area contributed by atoms with Crippen LogP contribution in [0.25, 0.3) is 0 Å². The molecule has 0 aromatic heterocycles. The molecule has 0 saturated carbocycles. The lowest BCUT2D eigenvalue weighted by Crippen LogP contribution is -2.37. The largest absolute Gasteiger partial charge is 0.466 e. The second-order valence-corrected chi connectivity index (χ2v) is 5.82. The smallest absolute Gasteiger partial charge is 0.307 e. The van der Waals surface area contributed by atoms with Crippen LogP contribution >= 0.6 is 0 Å². The molecule has 0 aliphatic carbocycles. The summed E-state index contributed by atoms with van der Waals surface area (Å²) in [5.41, 5.74) is -0.291. The zero-order valence-electron chi connectivity index (χ0n) is 16.4. The summed E-state index contributed by atoms with van der Waals surface area (Å²) >= 11 is 0. The van der Waals surface area contributed by atoms with E-state index in [-0.39, 0.29) is 24.5 Å². The van der Waals surface area contributed by atoms with Crippen LogP contribution in [0, 0.1) is 0 Å². The van der Waals surface area contributed by atoms with Crippen LogP contribution < -0.4 is 5.32 Å². The molecular weight excluding hydrogens is 362 g/mol. The molecule has 154 valence electrons. The summed E-state index contributed by atoms with van der Waals surface area (Å²) in [7, 11) is 0. The van der Waals surface area contributed by atoms with E-state index in [0.29, 0.717) is 0 Å². The van der Waals surface area contributed by atoms with E-state index in [1.54, 1.807) is 13.8 Å². The lowest BCUT2D eigenvalue weighted by Gasteiger charge is -2.26. The van der Waals surface area contributed by atoms with Gasteiger partial charge in [-0.1, -0.05) is 0 Å². The van der Waals surface area contributed by atoms with Gasteiger partial charge in [0.1, 0.15) is 5.70 Å². The van der Waals surface area contributed by atoms with Gasteiger partial charge in [0.2, 0.25) is 5.91 Å². The van der Waals surface area contributed by atoms with Gasteiger partial charge in [0, 0.05) is 34.1 Å². The van der Waals surface area contributed by atoms with Crippen LogP contribution in [0.1, 0.15) is 48.0 Å². The topological polar surface area (TPSA) is 137 Å². The lowest BCUT2D eigenvalue weighted by molar-refractivity contribution is -0.154. The molecule has 0 aliphatic rings. The van der Waals surface area contributed by atoms with E-state index in [4.69, 9.17) is 18.9 Å². The van der Waals surface area contributed by atoms with Gasteiger partial charge < -0.3 is 29.4 Å². The quantitative estimate of drug-likeness (QED) is 0.237. The number of carbonyl (C=O) groups is 4. The summed E-state index contributed by atoms with van der Waals surface area (Å²) in [4.78, 5) is 45.5. The molecule has 2 atom stereocenters. The third-order valence-corrected chi connectivity index (χ3v) is 2.76. The Balaban J connectivity index is 6.06. The minimum absolute atomic E-state index is 0.0841. The number of carbonyl (C=O) groups excluding carboxylic acids is 4. The molecule has 10 nitrogen and oxygen atoms in total. The highest BCUT2D eigenvalue weighted by molar-refractivity contribution is 5.75. The first-order valence-corrected chi connectivity index (χ1v) is 8.28. The molecule has 0 heterocycles. The van der Waals surface area contributed by atoms with Gasteiger partial charge in [-0.15, -0.1) is 0 Å². The Bertz CT molecular complexity index is 583. The first-order chi connectivity index (χ1) is 12.4. The molecule has 10 heteroatoms. The van der Waals surface area contributed by atoms with Crippen molar-refractivity contribution in [2.75, 3.05) is 6.61 Å². The average Bonchev–Trinajstić information content (AvgIpc) is 2.47. The Morgan fingerprint density at radius 2 is 1.56 bits per heavy atom. The Morgan fingerprint density at radius 3 is 1.96 bits per heavy atom. The number of hydrogen-bond donors (Lipinski definition) is 2. The predicted molar refractivity (Wildman–Crippen MR) is 91.6 cm³/mol. The standard InChI is InChI=1S/C17H27NO9/c1-9(2)25-17(23)15(18-10(3)19)16(27-13(6)22)14(26-12(5)21)7-8-24-11(4)20/h9,14,17,23H,7-8H2,1-6H3,(H,18,19)/b16-15-. The van der Waals surface area contributed by atoms with Crippen molar-refractivity contribution in [2.24, 2.45) is 0 Å². The highest BCUT2D eigenvalue weighted by Crippen LogP contribution is 2.21. The molecule has 0 aliphatic heterocycles. The van der Waals surface area contributed by atoms with E-state index in [1.165, 1.54) is 13.8 Å². The molecular formula is C17H27NO9. The normalized spacial score (nSPS) is 13.9. The third-order valence-electron chi connectivity index (χ3n) is 2.76. The van der Waals surface area contributed by atoms with Crippen molar-refractivity contribution in [3.63, 3.8) is 0 Å². The van der Waals surface area contributed by atoms with Gasteiger partial charge in [-0.2, -0.15) is 0 Å². The second kappa shape index (κ2) is 12.0. The fraction of sp³-hybridized carbons (Fsp3) is 0.647. The molecule has 0 radical (unpaired) electrons. The minimum Gasteiger partial charge on any atom is -0.466 e. The van der Waals surface area contributed by atoms with Crippen molar-refractivity contribution in [3.8, 4) is 0 Å². The summed E-state index contributed by atoms with van der Waals surface area (Å²) < 4.78 is 20.3. The van der Waals surface area contributed by atoms with E-state index in [2.05, 4.69) is 5.32 Å². The van der Waals surface area contributed by atoms with Crippen molar-refractivity contribution >= 4 is 23.8 Å². The molecule has 0 fully saturated rings. The molecule has 27 heavy (non-hydrogen) atoms. The van der Waals surface area contributed by atoms with E-state index in [9.17, 15) is 24.3 Å². The van der Waals surface area contributed by atoms with Crippen LogP contribution in [0.5, 0.6) is 0 Å². The van der Waals surface area contributed by atoms with Crippen molar-refractivity contribution in [1.82, 2.24) is 5.32 Å². The van der Waals surface area contributed by atoms with Crippen LogP contribution in [-0.4, -0.2) is 54.0 Å². The second-order valence-electron chi connectivity index (χ2n) is 5.82. The molecule has 0 rings (SSSR count). The van der Waals surface area contributed by atoms with Gasteiger partial charge >= 0.3 is 17.9 Å². The maximum Gasteiger partial charge on any atom is 0.307 e. The highest BCUT2D eigenvalue weighted by Gasteiger charge is 2.30. The molecule has 2 N–H and O–H groups in total. The lowest BCUT2D eigenvalue weighted by atomic mass is 10.1. The van der Waals surface area contributed by atoms with Gasteiger partial charge in [0.15, 0.2) is 18.2 Å². The summed E-state index contributed by atoms with van der Waals surface area (Å²) in [5.74, 6) is -2.96. The van der Waals surface area contributed by atoms with Gasteiger partial charge in [-0.25, -0.2) is 0 Å². The summed E-state index contributed by atoms with van der Waals surface area (Å²) in [6.07, 6.45) is -3.41. The third kappa shape index (κ3) is 11.0. The van der Waals surface area contributed by atoms with E-state index in [1.807, 2.05) is 0 Å². The molecule has 0 saturated heterocycles. The molecule has 2 unspecified atom stereocenters. The van der Waals surface area contributed by atoms with Gasteiger partial charge in [-0.3, -0.25) is 19.2 Å². The van der Waals surface area contributed by atoms with Crippen LogP contribution in [0.15, 0.2) is 11.5 Å². The van der Waals surface area contributed by atoms with Crippen LogP contribution in [-0.2, 0) is 38.1 Å². The van der Waals surface area contributed by atoms with Crippen molar-refractivity contribution in [2.45, 2.75) is 66.5 Å². The Morgan fingerprint density at radius 1 is 0.963 bits per heavy atom. The van der Waals surface area contributed by atoms with Gasteiger partial charge in [0.05, 0.1) is 12.7 Å². The molecule has 0 spiro atoms. The zero-order valence-corrected chi connectivity index (χ0v) is 16.4. The van der Waals surface area contributed by atoms with Crippen molar-refractivity contribution in [1.29, 1.82) is 0 Å². The van der Waals surface area contributed by atoms with Crippen LogP contribution in [0.4, 0.5) is 0 Å². The molecule has 1 amide bonds. The number of rotatable bonds is 10. The Hall–Kier alpha value is -2.46. The Kier molecular flexibility index (Phi) is 10.9. The fourth-order valence-corrected chi connectivity index (χ4v) is 1.96. The first-order valence-electron chi connectivity index (χ1n) is 8.28. The maximum atomic E-state index is 11.6. The number of esters is 3. The monoisotopic (exact) mass is 389 g/mol. The number of nitrogens with one attached hydrogen (secondary N) is 1. The highest BCUT2D eigenvalue weighted by atomic mass is 16.6. The minimum atomic E-state index is -1.67. The van der Waals surface area contributed by atoms with E-state index < -0.39 is 42.3 Å². The van der Waals surface area contributed by atoms with Crippen LogP contribution in [0.2, 0.25) is 0 Å².